The van der Waals surface area contributed by atoms with E-state index in [-0.39, 0.29) is 20.5 Å². The Bertz CT molecular complexity index is 538. The Labute approximate surface area is 106 Å². The molecule has 1 aromatic rings. The van der Waals surface area contributed by atoms with Gasteiger partial charge in [0.05, 0.1) is 27.6 Å². The van der Waals surface area contributed by atoms with E-state index in [0.29, 0.717) is 0 Å². The standard InChI is InChI=1S/C8H5Cl3O4S/c1-15-8(12)5-2-4(16(11,13)14)3-6(9)7(5)10/h2-3H,1H3. The first kappa shape index (κ1) is 13.6. The minimum atomic E-state index is -3.98. The van der Waals surface area contributed by atoms with Crippen LogP contribution in [0.25, 0.3) is 0 Å². The molecule has 0 fully saturated rings. The lowest BCUT2D eigenvalue weighted by molar-refractivity contribution is 0.0600. The second kappa shape index (κ2) is 4.79. The molecule has 1 aromatic carbocycles. The Morgan fingerprint density at radius 3 is 2.31 bits per heavy atom. The van der Waals surface area contributed by atoms with Crippen molar-refractivity contribution in [3.05, 3.63) is 27.7 Å². The van der Waals surface area contributed by atoms with Crippen molar-refractivity contribution in [2.45, 2.75) is 4.90 Å². The van der Waals surface area contributed by atoms with Gasteiger partial charge in [-0.25, -0.2) is 13.2 Å². The minimum Gasteiger partial charge on any atom is -0.465 e. The molecule has 1 rings (SSSR count). The van der Waals surface area contributed by atoms with E-state index in [0.717, 1.165) is 19.2 Å². The van der Waals surface area contributed by atoms with Gasteiger partial charge in [0.25, 0.3) is 9.05 Å². The first-order chi connectivity index (χ1) is 7.27. The summed E-state index contributed by atoms with van der Waals surface area (Å²) in [6, 6.07) is 2.06. The van der Waals surface area contributed by atoms with Crippen LogP contribution >= 0.6 is 33.9 Å². The molecule has 0 heterocycles. The highest BCUT2D eigenvalue weighted by Crippen LogP contribution is 2.31. The highest BCUT2D eigenvalue weighted by atomic mass is 35.7. The number of carbonyl (C=O) groups excluding carboxylic acids is 1. The number of benzene rings is 1. The summed E-state index contributed by atoms with van der Waals surface area (Å²) in [6.07, 6.45) is 0. The lowest BCUT2D eigenvalue weighted by Gasteiger charge is -2.06. The van der Waals surface area contributed by atoms with Crippen LogP contribution in [0, 0.1) is 0 Å². The van der Waals surface area contributed by atoms with E-state index in [9.17, 15) is 13.2 Å². The van der Waals surface area contributed by atoms with Gasteiger partial charge in [0, 0.05) is 10.7 Å². The molecule has 0 N–H and O–H groups in total. The average Bonchev–Trinajstić information content (AvgIpc) is 2.19. The van der Waals surface area contributed by atoms with Crippen LogP contribution in [0.5, 0.6) is 0 Å². The molecule has 0 amide bonds. The van der Waals surface area contributed by atoms with Crippen molar-refractivity contribution in [3.8, 4) is 0 Å². The Morgan fingerprint density at radius 1 is 1.31 bits per heavy atom. The maximum atomic E-state index is 11.3. The van der Waals surface area contributed by atoms with Crippen LogP contribution in [0.2, 0.25) is 10.0 Å². The summed E-state index contributed by atoms with van der Waals surface area (Å²) in [4.78, 5) is 10.9. The zero-order valence-corrected chi connectivity index (χ0v) is 10.9. The summed E-state index contributed by atoms with van der Waals surface area (Å²) in [5.41, 5.74) is -0.157. The van der Waals surface area contributed by atoms with Crippen molar-refractivity contribution in [1.82, 2.24) is 0 Å². The fourth-order valence-electron chi connectivity index (χ4n) is 0.963. The van der Waals surface area contributed by atoms with E-state index in [1.807, 2.05) is 0 Å². The van der Waals surface area contributed by atoms with Crippen LogP contribution in [0.1, 0.15) is 10.4 Å². The molecule has 0 atom stereocenters. The molecule has 0 spiro atoms. The molecule has 0 aliphatic heterocycles. The van der Waals surface area contributed by atoms with E-state index >= 15 is 0 Å². The topological polar surface area (TPSA) is 60.4 Å². The van der Waals surface area contributed by atoms with Crippen molar-refractivity contribution >= 4 is 48.9 Å². The molecule has 0 saturated heterocycles. The molecule has 4 nitrogen and oxygen atoms in total. The average molecular weight is 304 g/mol. The molecule has 0 aliphatic carbocycles. The van der Waals surface area contributed by atoms with Crippen molar-refractivity contribution in [3.63, 3.8) is 0 Å². The fourth-order valence-corrected chi connectivity index (χ4v) is 2.22. The maximum absolute atomic E-state index is 11.3. The van der Waals surface area contributed by atoms with Crippen LogP contribution in [0.15, 0.2) is 17.0 Å². The van der Waals surface area contributed by atoms with Gasteiger partial charge in [-0.05, 0) is 12.1 Å². The Balaban J connectivity index is 3.51. The predicted octanol–water partition coefficient (Wildman–Crippen LogP) is 2.71. The second-order valence-electron chi connectivity index (χ2n) is 2.70. The van der Waals surface area contributed by atoms with Crippen molar-refractivity contribution in [2.75, 3.05) is 7.11 Å². The summed E-state index contributed by atoms with van der Waals surface area (Å²) >= 11 is 11.4. The van der Waals surface area contributed by atoms with Crippen LogP contribution in [-0.2, 0) is 13.8 Å². The molecule has 0 aromatic heterocycles. The van der Waals surface area contributed by atoms with Gasteiger partial charge in [0.15, 0.2) is 0 Å². The normalized spacial score (nSPS) is 11.2. The van der Waals surface area contributed by atoms with Gasteiger partial charge < -0.3 is 4.74 Å². The molecule has 0 saturated carbocycles. The van der Waals surface area contributed by atoms with E-state index in [1.165, 1.54) is 0 Å². The highest BCUT2D eigenvalue weighted by Gasteiger charge is 2.20. The van der Waals surface area contributed by atoms with E-state index < -0.39 is 15.0 Å². The largest absolute Gasteiger partial charge is 0.465 e. The quantitative estimate of drug-likeness (QED) is 0.622. The van der Waals surface area contributed by atoms with E-state index in [1.54, 1.807) is 0 Å². The van der Waals surface area contributed by atoms with Gasteiger partial charge >= 0.3 is 5.97 Å². The number of ether oxygens (including phenoxy) is 1. The molecule has 0 bridgehead atoms. The van der Waals surface area contributed by atoms with Crippen molar-refractivity contribution in [1.29, 1.82) is 0 Å². The van der Waals surface area contributed by atoms with Gasteiger partial charge in [-0.2, -0.15) is 0 Å². The minimum absolute atomic E-state index is 0.0856. The summed E-state index contributed by atoms with van der Waals surface area (Å²) < 4.78 is 26.6. The van der Waals surface area contributed by atoms with Gasteiger partial charge in [0.1, 0.15) is 0 Å². The lowest BCUT2D eigenvalue weighted by atomic mass is 10.2. The molecule has 0 aliphatic rings. The summed E-state index contributed by atoms with van der Waals surface area (Å²) in [5, 5.41) is -0.179. The maximum Gasteiger partial charge on any atom is 0.339 e. The third kappa shape index (κ3) is 2.79. The van der Waals surface area contributed by atoms with Gasteiger partial charge in [0.2, 0.25) is 0 Å². The zero-order valence-electron chi connectivity index (χ0n) is 7.83. The Hall–Kier alpha value is -0.490. The van der Waals surface area contributed by atoms with Gasteiger partial charge in [-0.3, -0.25) is 0 Å². The monoisotopic (exact) mass is 302 g/mol. The Kier molecular flexibility index (Phi) is 4.07. The number of halogens is 3. The fraction of sp³-hybridized carbons (Fsp3) is 0.125. The lowest BCUT2D eigenvalue weighted by Crippen LogP contribution is -2.04. The summed E-state index contributed by atoms with van der Waals surface area (Å²) in [6.45, 7) is 0. The SMILES string of the molecule is COC(=O)c1cc(S(=O)(=O)Cl)cc(Cl)c1Cl. The van der Waals surface area contributed by atoms with E-state index in [2.05, 4.69) is 4.74 Å². The van der Waals surface area contributed by atoms with Crippen LogP contribution in [-0.4, -0.2) is 21.5 Å². The molecular formula is C8H5Cl3O4S. The molecule has 16 heavy (non-hydrogen) atoms. The van der Waals surface area contributed by atoms with Crippen molar-refractivity contribution in [2.24, 2.45) is 0 Å². The molecule has 0 unspecified atom stereocenters. The summed E-state index contributed by atoms with van der Waals surface area (Å²) in [7, 11) is 2.27. The summed E-state index contributed by atoms with van der Waals surface area (Å²) in [5.74, 6) is -0.797. The second-order valence-corrected chi connectivity index (χ2v) is 6.05. The molecule has 8 heteroatoms. The molecule has 88 valence electrons. The molecule has 0 radical (unpaired) electrons. The number of esters is 1. The van der Waals surface area contributed by atoms with E-state index in [4.69, 9.17) is 33.9 Å². The first-order valence-electron chi connectivity index (χ1n) is 3.79. The zero-order chi connectivity index (χ0) is 12.5. The van der Waals surface area contributed by atoms with Crippen LogP contribution in [0.3, 0.4) is 0 Å². The van der Waals surface area contributed by atoms with Gasteiger partial charge in [-0.15, -0.1) is 0 Å². The number of carbonyl (C=O) groups is 1. The highest BCUT2D eigenvalue weighted by molar-refractivity contribution is 8.13. The van der Waals surface area contributed by atoms with Crippen LogP contribution in [0.4, 0.5) is 0 Å². The predicted molar refractivity (Wildman–Crippen MR) is 60.8 cm³/mol. The van der Waals surface area contributed by atoms with Gasteiger partial charge in [-0.1, -0.05) is 23.2 Å². The number of rotatable bonds is 2. The smallest absolute Gasteiger partial charge is 0.339 e. The number of hydrogen-bond donors (Lipinski definition) is 0. The number of methoxy groups -OCH3 is 1. The van der Waals surface area contributed by atoms with Crippen LogP contribution < -0.4 is 0 Å². The first-order valence-corrected chi connectivity index (χ1v) is 6.86. The Morgan fingerprint density at radius 2 is 1.88 bits per heavy atom. The third-order valence-corrected chi connectivity index (χ3v) is 3.82. The molecular weight excluding hydrogens is 299 g/mol. The third-order valence-electron chi connectivity index (χ3n) is 1.69. The van der Waals surface area contributed by atoms with Crippen molar-refractivity contribution < 1.29 is 17.9 Å². The number of hydrogen-bond acceptors (Lipinski definition) is 4.